The van der Waals surface area contributed by atoms with Gasteiger partial charge in [0.05, 0.1) is 12.3 Å². The van der Waals surface area contributed by atoms with Crippen LogP contribution < -0.4 is 5.32 Å². The molecule has 0 aliphatic rings. The van der Waals surface area contributed by atoms with Crippen molar-refractivity contribution in [2.45, 2.75) is 13.3 Å². The number of hydrogen-bond donors (Lipinski definition) is 2. The van der Waals surface area contributed by atoms with Gasteiger partial charge in [-0.3, -0.25) is 4.98 Å². The molecule has 0 aliphatic heterocycles. The molecule has 5 nitrogen and oxygen atoms in total. The predicted octanol–water partition coefficient (Wildman–Crippen LogP) is 3.02. The van der Waals surface area contributed by atoms with Gasteiger partial charge in [0, 0.05) is 24.7 Å². The summed E-state index contributed by atoms with van der Waals surface area (Å²) in [6.45, 7) is 2.44. The molecule has 0 bridgehead atoms. The summed E-state index contributed by atoms with van der Waals surface area (Å²) >= 11 is 0. The van der Waals surface area contributed by atoms with E-state index in [1.54, 1.807) is 13.2 Å². The lowest BCUT2D eigenvalue weighted by Gasteiger charge is -2.14. The van der Waals surface area contributed by atoms with Gasteiger partial charge in [-0.15, -0.1) is 0 Å². The fraction of sp³-hybridized carbons (Fsp3) is 0.250. The second kappa shape index (κ2) is 6.85. The quantitative estimate of drug-likeness (QED) is 0.854. The number of ether oxygens (including phenoxy) is 1. The van der Waals surface area contributed by atoms with Crippen molar-refractivity contribution in [3.63, 3.8) is 0 Å². The molecule has 1 heterocycles. The van der Waals surface area contributed by atoms with Crippen LogP contribution in [0.2, 0.25) is 0 Å². The van der Waals surface area contributed by atoms with Crippen LogP contribution in [-0.4, -0.2) is 29.8 Å². The predicted molar refractivity (Wildman–Crippen MR) is 81.2 cm³/mol. The molecule has 0 atom stereocenters. The molecule has 2 aromatic rings. The Balaban J connectivity index is 2.34. The topological polar surface area (TPSA) is 71.5 Å². The number of aromatic carboxylic acids is 1. The molecule has 21 heavy (non-hydrogen) atoms. The van der Waals surface area contributed by atoms with Crippen molar-refractivity contribution in [3.05, 3.63) is 53.3 Å². The first-order valence-corrected chi connectivity index (χ1v) is 6.65. The lowest BCUT2D eigenvalue weighted by molar-refractivity contribution is 0.0697. The first-order valence-electron chi connectivity index (χ1n) is 6.65. The Morgan fingerprint density at radius 1 is 1.33 bits per heavy atom. The zero-order chi connectivity index (χ0) is 15.2. The molecule has 0 aliphatic carbocycles. The summed E-state index contributed by atoms with van der Waals surface area (Å²) in [5.74, 6) is -1.00. The van der Waals surface area contributed by atoms with E-state index in [9.17, 15) is 9.90 Å². The number of hydrogen-bond acceptors (Lipinski definition) is 4. The van der Waals surface area contributed by atoms with E-state index in [0.717, 1.165) is 23.4 Å². The third-order valence-electron chi connectivity index (χ3n) is 3.13. The maximum Gasteiger partial charge on any atom is 0.339 e. The lowest BCUT2D eigenvalue weighted by atomic mass is 10.1. The third-order valence-corrected chi connectivity index (χ3v) is 3.13. The van der Waals surface area contributed by atoms with Crippen molar-refractivity contribution in [3.8, 4) is 0 Å². The maximum atomic E-state index is 11.3. The van der Waals surface area contributed by atoms with E-state index in [-0.39, 0.29) is 5.56 Å². The minimum atomic E-state index is -1.00. The number of carboxylic acid groups (broad SMARTS) is 1. The Hall–Kier alpha value is -2.40. The number of methoxy groups -OCH3 is 1. The van der Waals surface area contributed by atoms with Crippen LogP contribution in [0.1, 0.15) is 21.6 Å². The summed E-state index contributed by atoms with van der Waals surface area (Å²) in [6, 6.07) is 9.51. The number of pyridine rings is 1. The summed E-state index contributed by atoms with van der Waals surface area (Å²) in [5.41, 5.74) is 3.41. The number of rotatable bonds is 6. The zero-order valence-corrected chi connectivity index (χ0v) is 12.1. The summed E-state index contributed by atoms with van der Waals surface area (Å²) in [6.07, 6.45) is 2.13. The van der Waals surface area contributed by atoms with E-state index in [0.29, 0.717) is 12.3 Å². The van der Waals surface area contributed by atoms with Crippen molar-refractivity contribution in [2.24, 2.45) is 0 Å². The van der Waals surface area contributed by atoms with Gasteiger partial charge in [-0.2, -0.15) is 0 Å². The van der Waals surface area contributed by atoms with Gasteiger partial charge in [-0.25, -0.2) is 4.79 Å². The number of nitrogens with one attached hydrogen (secondary N) is 1. The highest BCUT2D eigenvalue weighted by atomic mass is 16.5. The molecule has 110 valence electrons. The second-order valence-electron chi connectivity index (χ2n) is 4.70. The van der Waals surface area contributed by atoms with Gasteiger partial charge in [0.25, 0.3) is 0 Å². The standard InChI is InChI=1S/C16H18N2O3/c1-11-9-15(13(10-17-11)16(19)20)18-14-6-4-3-5-12(14)7-8-21-2/h3-6,9-10H,7-8H2,1-2H3,(H,17,18)(H,19,20). The highest BCUT2D eigenvalue weighted by Crippen LogP contribution is 2.24. The Morgan fingerprint density at radius 3 is 2.81 bits per heavy atom. The summed E-state index contributed by atoms with van der Waals surface area (Å²) < 4.78 is 5.10. The summed E-state index contributed by atoms with van der Waals surface area (Å²) in [4.78, 5) is 15.3. The van der Waals surface area contributed by atoms with Gasteiger partial charge in [-0.05, 0) is 31.0 Å². The SMILES string of the molecule is COCCc1ccccc1Nc1cc(C)ncc1C(=O)O. The van der Waals surface area contributed by atoms with Crippen LogP contribution in [0.5, 0.6) is 0 Å². The molecule has 1 aromatic heterocycles. The molecular weight excluding hydrogens is 268 g/mol. The first-order chi connectivity index (χ1) is 10.1. The van der Waals surface area contributed by atoms with Crippen LogP contribution in [0, 0.1) is 6.92 Å². The first kappa shape index (κ1) is 15.0. The molecule has 0 amide bonds. The van der Waals surface area contributed by atoms with Gasteiger partial charge in [0.15, 0.2) is 0 Å². The Labute approximate surface area is 123 Å². The zero-order valence-electron chi connectivity index (χ0n) is 12.1. The van der Waals surface area contributed by atoms with E-state index in [4.69, 9.17) is 4.74 Å². The molecule has 0 radical (unpaired) electrons. The normalized spacial score (nSPS) is 10.4. The molecule has 0 fully saturated rings. The van der Waals surface area contributed by atoms with Crippen LogP contribution in [0.15, 0.2) is 36.5 Å². The van der Waals surface area contributed by atoms with Crippen molar-refractivity contribution >= 4 is 17.3 Å². The van der Waals surface area contributed by atoms with Crippen molar-refractivity contribution in [1.82, 2.24) is 4.98 Å². The minimum absolute atomic E-state index is 0.155. The summed E-state index contributed by atoms with van der Waals surface area (Å²) in [7, 11) is 1.66. The molecule has 0 saturated carbocycles. The highest BCUT2D eigenvalue weighted by Gasteiger charge is 2.12. The van der Waals surface area contributed by atoms with Gasteiger partial charge >= 0.3 is 5.97 Å². The number of anilines is 2. The van der Waals surface area contributed by atoms with Crippen LogP contribution in [-0.2, 0) is 11.2 Å². The largest absolute Gasteiger partial charge is 0.478 e. The fourth-order valence-corrected chi connectivity index (χ4v) is 2.05. The molecule has 0 unspecified atom stereocenters. The highest BCUT2D eigenvalue weighted by molar-refractivity contribution is 5.95. The minimum Gasteiger partial charge on any atom is -0.478 e. The van der Waals surface area contributed by atoms with Crippen molar-refractivity contribution in [1.29, 1.82) is 0 Å². The monoisotopic (exact) mass is 286 g/mol. The van der Waals surface area contributed by atoms with Crippen molar-refractivity contribution < 1.29 is 14.6 Å². The number of para-hydroxylation sites is 1. The third kappa shape index (κ3) is 3.79. The average Bonchev–Trinajstić information content (AvgIpc) is 2.46. The molecule has 0 spiro atoms. The van der Waals surface area contributed by atoms with Crippen LogP contribution in [0.3, 0.4) is 0 Å². The number of carboxylic acids is 1. The van der Waals surface area contributed by atoms with E-state index < -0.39 is 5.97 Å². The molecule has 2 N–H and O–H groups in total. The molecule has 5 heteroatoms. The van der Waals surface area contributed by atoms with Gasteiger partial charge < -0.3 is 15.2 Å². The summed E-state index contributed by atoms with van der Waals surface area (Å²) in [5, 5.41) is 12.4. The Bertz CT molecular complexity index is 641. The molecular formula is C16H18N2O3. The number of aromatic nitrogens is 1. The van der Waals surface area contributed by atoms with Crippen LogP contribution >= 0.6 is 0 Å². The van der Waals surface area contributed by atoms with Gasteiger partial charge in [0.1, 0.15) is 5.56 Å². The molecule has 1 aromatic carbocycles. The average molecular weight is 286 g/mol. The second-order valence-corrected chi connectivity index (χ2v) is 4.70. The smallest absolute Gasteiger partial charge is 0.339 e. The lowest BCUT2D eigenvalue weighted by Crippen LogP contribution is -2.06. The molecule has 2 rings (SSSR count). The number of aryl methyl sites for hydroxylation is 1. The Morgan fingerprint density at radius 2 is 2.10 bits per heavy atom. The van der Waals surface area contributed by atoms with Crippen LogP contribution in [0.4, 0.5) is 11.4 Å². The molecule has 0 saturated heterocycles. The van der Waals surface area contributed by atoms with Crippen LogP contribution in [0.25, 0.3) is 0 Å². The number of carbonyl (C=O) groups is 1. The van der Waals surface area contributed by atoms with Gasteiger partial charge in [0.2, 0.25) is 0 Å². The maximum absolute atomic E-state index is 11.3. The van der Waals surface area contributed by atoms with Crippen molar-refractivity contribution in [2.75, 3.05) is 19.0 Å². The van der Waals surface area contributed by atoms with E-state index >= 15 is 0 Å². The van der Waals surface area contributed by atoms with E-state index in [1.165, 1.54) is 6.20 Å². The van der Waals surface area contributed by atoms with E-state index in [1.807, 2.05) is 31.2 Å². The Kier molecular flexibility index (Phi) is 4.90. The van der Waals surface area contributed by atoms with Gasteiger partial charge in [-0.1, -0.05) is 18.2 Å². The van der Waals surface area contributed by atoms with E-state index in [2.05, 4.69) is 10.3 Å². The number of nitrogens with zero attached hydrogens (tertiary/aromatic N) is 1. The fourth-order valence-electron chi connectivity index (χ4n) is 2.05. The number of benzene rings is 1.